The van der Waals surface area contributed by atoms with Crippen molar-refractivity contribution in [3.05, 3.63) is 54.1 Å². The van der Waals surface area contributed by atoms with E-state index >= 15 is 0 Å². The average Bonchev–Trinajstić information content (AvgIpc) is 2.97. The fraction of sp³-hybridized carbons (Fsp3) is 0.118. The number of benzene rings is 2. The molecule has 0 aliphatic carbocycles. The van der Waals surface area contributed by atoms with Crippen molar-refractivity contribution in [3.63, 3.8) is 0 Å². The first-order valence-corrected chi connectivity index (χ1v) is 7.69. The van der Waals surface area contributed by atoms with E-state index in [1.165, 1.54) is 0 Å². The molecule has 0 saturated carbocycles. The van der Waals surface area contributed by atoms with Crippen LogP contribution in [0.2, 0.25) is 0 Å². The third kappa shape index (κ3) is 2.74. The number of aromatic nitrogens is 2. The highest BCUT2D eigenvalue weighted by Gasteiger charge is 2.30. The summed E-state index contributed by atoms with van der Waals surface area (Å²) in [5, 5.41) is 11.7. The number of nitrogens with one attached hydrogen (secondary N) is 2. The summed E-state index contributed by atoms with van der Waals surface area (Å²) in [7, 11) is 0. The summed E-state index contributed by atoms with van der Waals surface area (Å²) in [6, 6.07) is 15.1. The number of ether oxygens (including phenoxy) is 1. The minimum atomic E-state index is -1.02. The number of hydrogen-bond acceptors (Lipinski definition) is 5. The van der Waals surface area contributed by atoms with E-state index in [-0.39, 0.29) is 12.8 Å². The van der Waals surface area contributed by atoms with Crippen LogP contribution < -0.4 is 20.4 Å². The molecule has 0 spiro atoms. The second-order valence-electron chi connectivity index (χ2n) is 5.63. The summed E-state index contributed by atoms with van der Waals surface area (Å²) in [6.07, 6.45) is -0.332. The van der Waals surface area contributed by atoms with Crippen molar-refractivity contribution < 1.29 is 19.2 Å². The molecule has 1 aliphatic rings. The van der Waals surface area contributed by atoms with Crippen LogP contribution >= 0.6 is 0 Å². The Balaban J connectivity index is 1.72. The van der Waals surface area contributed by atoms with E-state index in [1.807, 2.05) is 41.0 Å². The van der Waals surface area contributed by atoms with Gasteiger partial charge in [-0.1, -0.05) is 12.1 Å². The van der Waals surface area contributed by atoms with Crippen LogP contribution in [0.25, 0.3) is 11.0 Å². The molecule has 0 bridgehead atoms. The zero-order chi connectivity index (χ0) is 17.4. The number of aliphatic imine (C=N–C) groups is 1. The summed E-state index contributed by atoms with van der Waals surface area (Å²) in [4.78, 5) is 18.4. The third-order valence-electron chi connectivity index (χ3n) is 3.95. The number of anilines is 1. The van der Waals surface area contributed by atoms with Crippen molar-refractivity contribution >= 4 is 28.9 Å². The number of nitrogens with two attached hydrogens (primary N) is 1. The fourth-order valence-electron chi connectivity index (χ4n) is 2.89. The molecular formula is C17H16N5O3+. The number of carboxylic acids is 1. The SMILES string of the molecule is NC1=N[C@@H](c2ccc(OCC(=O)O)cc2)[n+]2c([nH]c3ccccc32)N1. The number of fused-ring (bicyclic) bond motifs is 3. The number of hydrogen-bond donors (Lipinski definition) is 4. The van der Waals surface area contributed by atoms with Crippen LogP contribution in [0.5, 0.6) is 5.75 Å². The van der Waals surface area contributed by atoms with Crippen LogP contribution in [0, 0.1) is 0 Å². The Morgan fingerprint density at radius 1 is 1.24 bits per heavy atom. The predicted octanol–water partition coefficient (Wildman–Crippen LogP) is 1.21. The summed E-state index contributed by atoms with van der Waals surface area (Å²) in [5.74, 6) is 0.549. The van der Waals surface area contributed by atoms with E-state index in [4.69, 9.17) is 15.6 Å². The Labute approximate surface area is 142 Å². The zero-order valence-corrected chi connectivity index (χ0v) is 13.1. The van der Waals surface area contributed by atoms with Crippen molar-refractivity contribution in [2.45, 2.75) is 6.17 Å². The van der Waals surface area contributed by atoms with Gasteiger partial charge in [0.25, 0.3) is 5.96 Å². The maximum atomic E-state index is 10.6. The Morgan fingerprint density at radius 3 is 2.76 bits per heavy atom. The number of para-hydroxylation sites is 2. The van der Waals surface area contributed by atoms with E-state index < -0.39 is 5.97 Å². The minimum Gasteiger partial charge on any atom is -0.482 e. The number of aliphatic carboxylic acids is 1. The van der Waals surface area contributed by atoms with Crippen molar-refractivity contribution in [1.29, 1.82) is 0 Å². The number of rotatable bonds is 4. The van der Waals surface area contributed by atoms with Gasteiger partial charge in [-0.25, -0.2) is 19.7 Å². The number of H-pyrrole nitrogens is 1. The largest absolute Gasteiger partial charge is 0.482 e. The zero-order valence-electron chi connectivity index (χ0n) is 13.1. The number of nitrogens with zero attached hydrogens (tertiary/aromatic N) is 2. The van der Waals surface area contributed by atoms with Crippen LogP contribution in [-0.2, 0) is 4.79 Å². The van der Waals surface area contributed by atoms with Gasteiger partial charge in [-0.05, 0) is 36.4 Å². The number of carboxylic acid groups (broad SMARTS) is 1. The molecule has 1 aliphatic heterocycles. The van der Waals surface area contributed by atoms with Gasteiger partial charge in [-0.3, -0.25) is 0 Å². The van der Waals surface area contributed by atoms with Gasteiger partial charge in [-0.15, -0.1) is 0 Å². The molecule has 25 heavy (non-hydrogen) atoms. The van der Waals surface area contributed by atoms with Crippen molar-refractivity contribution in [1.82, 2.24) is 4.98 Å². The molecule has 1 aromatic heterocycles. The predicted molar refractivity (Wildman–Crippen MR) is 91.5 cm³/mol. The van der Waals surface area contributed by atoms with Gasteiger partial charge >= 0.3 is 11.9 Å². The number of aromatic amines is 1. The van der Waals surface area contributed by atoms with E-state index in [9.17, 15) is 4.79 Å². The van der Waals surface area contributed by atoms with Crippen molar-refractivity contribution in [2.24, 2.45) is 10.7 Å². The first-order chi connectivity index (χ1) is 12.1. The molecule has 1 atom stereocenters. The molecule has 0 fully saturated rings. The highest BCUT2D eigenvalue weighted by atomic mass is 16.5. The van der Waals surface area contributed by atoms with Crippen molar-refractivity contribution in [2.75, 3.05) is 11.9 Å². The van der Waals surface area contributed by atoms with E-state index in [2.05, 4.69) is 15.3 Å². The maximum Gasteiger partial charge on any atom is 0.365 e. The van der Waals surface area contributed by atoms with Gasteiger partial charge in [-0.2, -0.15) is 4.99 Å². The summed E-state index contributed by atoms with van der Waals surface area (Å²) in [6.45, 7) is -0.376. The van der Waals surface area contributed by atoms with Crippen LogP contribution in [0.4, 0.5) is 5.95 Å². The standard InChI is InChI=1S/C17H15N5O3/c18-16-20-15(10-5-7-11(8-6-10)25-9-14(23)24)22-13-4-2-1-3-12(13)19-17(22)21-16/h1-8,15H,9H2,(H4,18,19,20,21,23,24)/p+1/t15-/m1/s1. The number of imidazole rings is 1. The lowest BCUT2D eigenvalue weighted by molar-refractivity contribution is -0.674. The molecule has 126 valence electrons. The highest BCUT2D eigenvalue weighted by Crippen LogP contribution is 2.25. The monoisotopic (exact) mass is 338 g/mol. The Bertz CT molecular complexity index is 978. The van der Waals surface area contributed by atoms with Gasteiger partial charge in [0.2, 0.25) is 6.17 Å². The Morgan fingerprint density at radius 2 is 2.00 bits per heavy atom. The smallest absolute Gasteiger partial charge is 0.365 e. The molecule has 0 radical (unpaired) electrons. The van der Waals surface area contributed by atoms with Gasteiger partial charge in [0.05, 0.1) is 0 Å². The second kappa shape index (κ2) is 5.82. The molecule has 0 amide bonds. The number of guanidine groups is 1. The summed E-state index contributed by atoms with van der Waals surface area (Å²) >= 11 is 0. The third-order valence-corrected chi connectivity index (χ3v) is 3.95. The molecule has 8 heteroatoms. The molecule has 4 rings (SSSR count). The Hall–Kier alpha value is -3.55. The van der Waals surface area contributed by atoms with Gasteiger partial charge in [0, 0.05) is 5.56 Å². The molecule has 3 aromatic rings. The topological polar surface area (TPSA) is 117 Å². The van der Waals surface area contributed by atoms with E-state index in [0.717, 1.165) is 22.5 Å². The average molecular weight is 338 g/mol. The molecule has 0 unspecified atom stereocenters. The lowest BCUT2D eigenvalue weighted by atomic mass is 10.1. The highest BCUT2D eigenvalue weighted by molar-refractivity contribution is 5.92. The summed E-state index contributed by atoms with van der Waals surface area (Å²) < 4.78 is 7.20. The van der Waals surface area contributed by atoms with E-state index in [0.29, 0.717) is 11.7 Å². The van der Waals surface area contributed by atoms with Crippen LogP contribution in [0.15, 0.2) is 53.5 Å². The lowest BCUT2D eigenvalue weighted by Gasteiger charge is -2.18. The number of carbonyl (C=O) groups is 1. The van der Waals surface area contributed by atoms with Crippen LogP contribution in [0.1, 0.15) is 11.7 Å². The molecule has 2 aromatic carbocycles. The first kappa shape index (κ1) is 15.0. The summed E-state index contributed by atoms with van der Waals surface area (Å²) in [5.41, 5.74) is 8.80. The molecule has 0 saturated heterocycles. The molecule has 8 nitrogen and oxygen atoms in total. The fourth-order valence-corrected chi connectivity index (χ4v) is 2.89. The molecular weight excluding hydrogens is 322 g/mol. The Kier molecular flexibility index (Phi) is 3.50. The van der Waals surface area contributed by atoms with Crippen LogP contribution in [-0.4, -0.2) is 28.6 Å². The molecule has 5 N–H and O–H groups in total. The van der Waals surface area contributed by atoms with Crippen molar-refractivity contribution in [3.8, 4) is 5.75 Å². The quantitative estimate of drug-likeness (QED) is 0.534. The van der Waals surface area contributed by atoms with Gasteiger partial charge < -0.3 is 15.6 Å². The lowest BCUT2D eigenvalue weighted by Crippen LogP contribution is -2.48. The van der Waals surface area contributed by atoms with Gasteiger partial charge in [0.1, 0.15) is 16.8 Å². The normalized spacial score (nSPS) is 16.0. The van der Waals surface area contributed by atoms with E-state index in [1.54, 1.807) is 12.1 Å². The maximum absolute atomic E-state index is 10.6. The van der Waals surface area contributed by atoms with Gasteiger partial charge in [0.15, 0.2) is 6.61 Å². The second-order valence-corrected chi connectivity index (χ2v) is 5.63. The molecule has 2 heterocycles. The minimum absolute atomic E-state index is 0.322. The first-order valence-electron chi connectivity index (χ1n) is 7.69. The van der Waals surface area contributed by atoms with Crippen LogP contribution in [0.3, 0.4) is 0 Å².